The van der Waals surface area contributed by atoms with Gasteiger partial charge in [-0.05, 0) is 42.0 Å². The van der Waals surface area contributed by atoms with Crippen LogP contribution in [0.3, 0.4) is 0 Å². The molecule has 0 unspecified atom stereocenters. The predicted molar refractivity (Wildman–Crippen MR) is 127 cm³/mol. The summed E-state index contributed by atoms with van der Waals surface area (Å²) in [5, 5.41) is 2.53. The van der Waals surface area contributed by atoms with E-state index in [1.54, 1.807) is 0 Å². The van der Waals surface area contributed by atoms with Crippen LogP contribution in [0, 0.1) is 0 Å². The van der Waals surface area contributed by atoms with E-state index in [1.807, 2.05) is 30.6 Å². The highest BCUT2D eigenvalue weighted by atomic mass is 15.0. The zero-order valence-corrected chi connectivity index (χ0v) is 16.8. The van der Waals surface area contributed by atoms with Gasteiger partial charge in [0.2, 0.25) is 0 Å². The van der Waals surface area contributed by atoms with E-state index in [-0.39, 0.29) is 0 Å². The number of hydrogen-bond acceptors (Lipinski definition) is 2. The van der Waals surface area contributed by atoms with Crippen LogP contribution in [0.2, 0.25) is 0 Å². The van der Waals surface area contributed by atoms with Crippen LogP contribution in [0.1, 0.15) is 0 Å². The van der Waals surface area contributed by atoms with Crippen molar-refractivity contribution < 1.29 is 0 Å². The maximum atomic E-state index is 4.60. The molecular formula is C28H19N3. The Morgan fingerprint density at radius 3 is 1.61 bits per heavy atom. The van der Waals surface area contributed by atoms with Crippen molar-refractivity contribution in [2.24, 2.45) is 0 Å². The minimum absolute atomic E-state index is 0.730. The highest BCUT2D eigenvalue weighted by Gasteiger charge is 2.11. The number of aromatic nitrogens is 3. The summed E-state index contributed by atoms with van der Waals surface area (Å²) in [5.41, 5.74) is 6.69. The number of para-hydroxylation sites is 2. The summed E-state index contributed by atoms with van der Waals surface area (Å²) in [4.78, 5) is 9.20. The van der Waals surface area contributed by atoms with Crippen LogP contribution in [0.4, 0.5) is 0 Å². The third kappa shape index (κ3) is 2.99. The summed E-state index contributed by atoms with van der Waals surface area (Å²) in [7, 11) is 0. The smallest absolute Gasteiger partial charge is 0.159 e. The van der Waals surface area contributed by atoms with Crippen molar-refractivity contribution in [3.8, 4) is 28.2 Å². The highest BCUT2D eigenvalue weighted by Crippen LogP contribution is 2.32. The van der Waals surface area contributed by atoms with E-state index in [4.69, 9.17) is 0 Å². The lowest BCUT2D eigenvalue weighted by Gasteiger charge is -2.09. The molecule has 0 aliphatic heterocycles. The largest absolute Gasteiger partial charge is 0.309 e. The fourth-order valence-electron chi connectivity index (χ4n) is 4.22. The summed E-state index contributed by atoms with van der Waals surface area (Å²) in [6.07, 6.45) is 3.77. The van der Waals surface area contributed by atoms with E-state index >= 15 is 0 Å². The zero-order chi connectivity index (χ0) is 20.6. The summed E-state index contributed by atoms with van der Waals surface area (Å²) in [6.45, 7) is 0. The van der Waals surface area contributed by atoms with Crippen molar-refractivity contribution >= 4 is 21.8 Å². The van der Waals surface area contributed by atoms with Crippen molar-refractivity contribution in [2.75, 3.05) is 0 Å². The molecule has 0 aliphatic rings. The lowest BCUT2D eigenvalue weighted by Crippen LogP contribution is -1.94. The van der Waals surface area contributed by atoms with Gasteiger partial charge in [0, 0.05) is 40.0 Å². The Balaban J connectivity index is 1.40. The molecule has 146 valence electrons. The first kappa shape index (κ1) is 17.6. The Morgan fingerprint density at radius 2 is 1.00 bits per heavy atom. The Kier molecular flexibility index (Phi) is 4.10. The predicted octanol–water partition coefficient (Wildman–Crippen LogP) is 6.91. The molecule has 0 bridgehead atoms. The molecule has 6 aromatic rings. The Hall–Kier alpha value is -4.24. The molecule has 6 rings (SSSR count). The molecule has 0 saturated carbocycles. The molecule has 0 radical (unpaired) electrons. The molecule has 31 heavy (non-hydrogen) atoms. The molecule has 0 atom stereocenters. The van der Waals surface area contributed by atoms with Crippen LogP contribution in [-0.2, 0) is 0 Å². The molecule has 0 amide bonds. The molecule has 0 N–H and O–H groups in total. The van der Waals surface area contributed by atoms with Crippen molar-refractivity contribution in [3.63, 3.8) is 0 Å². The number of nitrogens with zero attached hydrogens (tertiary/aromatic N) is 3. The molecule has 3 nitrogen and oxygen atoms in total. The minimum atomic E-state index is 0.730. The van der Waals surface area contributed by atoms with Crippen molar-refractivity contribution in [1.82, 2.24) is 14.5 Å². The van der Waals surface area contributed by atoms with Crippen LogP contribution in [0.25, 0.3) is 50.0 Å². The normalized spacial score (nSPS) is 11.2. The van der Waals surface area contributed by atoms with Gasteiger partial charge in [0.25, 0.3) is 0 Å². The topological polar surface area (TPSA) is 30.7 Å². The van der Waals surface area contributed by atoms with Gasteiger partial charge in [-0.3, -0.25) is 0 Å². The fraction of sp³-hybridized carbons (Fsp3) is 0. The zero-order valence-electron chi connectivity index (χ0n) is 16.8. The summed E-state index contributed by atoms with van der Waals surface area (Å²) in [5.74, 6) is 0.730. The van der Waals surface area contributed by atoms with Crippen LogP contribution >= 0.6 is 0 Å². The second-order valence-electron chi connectivity index (χ2n) is 7.58. The third-order valence-electron chi connectivity index (χ3n) is 5.72. The SMILES string of the molecule is c1ccc(-c2cnc(-c3ccc(-n4c5ccccc5c5ccccc54)cc3)nc2)cc1. The van der Waals surface area contributed by atoms with Crippen molar-refractivity contribution in [1.29, 1.82) is 0 Å². The van der Waals surface area contributed by atoms with Gasteiger partial charge in [0.1, 0.15) is 0 Å². The van der Waals surface area contributed by atoms with E-state index in [1.165, 1.54) is 21.8 Å². The highest BCUT2D eigenvalue weighted by molar-refractivity contribution is 6.09. The van der Waals surface area contributed by atoms with Gasteiger partial charge in [-0.2, -0.15) is 0 Å². The monoisotopic (exact) mass is 397 g/mol. The van der Waals surface area contributed by atoms with Gasteiger partial charge in [-0.1, -0.05) is 66.7 Å². The number of rotatable bonds is 3. The summed E-state index contributed by atoms with van der Waals surface area (Å²) >= 11 is 0. The van der Waals surface area contributed by atoms with Gasteiger partial charge in [0.15, 0.2) is 5.82 Å². The van der Waals surface area contributed by atoms with Crippen LogP contribution < -0.4 is 0 Å². The first-order valence-electron chi connectivity index (χ1n) is 10.3. The van der Waals surface area contributed by atoms with Gasteiger partial charge in [0.05, 0.1) is 11.0 Å². The second-order valence-corrected chi connectivity index (χ2v) is 7.58. The van der Waals surface area contributed by atoms with Gasteiger partial charge < -0.3 is 4.57 Å². The second kappa shape index (κ2) is 7.22. The molecule has 2 aromatic heterocycles. The van der Waals surface area contributed by atoms with Crippen LogP contribution in [0.5, 0.6) is 0 Å². The molecule has 0 aliphatic carbocycles. The molecular weight excluding hydrogens is 378 g/mol. The summed E-state index contributed by atoms with van der Waals surface area (Å²) < 4.78 is 2.31. The molecule has 0 fully saturated rings. The van der Waals surface area contributed by atoms with Gasteiger partial charge in [-0.25, -0.2) is 9.97 Å². The Labute approximate surface area is 180 Å². The molecule has 4 aromatic carbocycles. The van der Waals surface area contributed by atoms with E-state index in [9.17, 15) is 0 Å². The number of benzene rings is 4. The molecule has 2 heterocycles. The summed E-state index contributed by atoms with van der Waals surface area (Å²) in [6, 6.07) is 35.8. The minimum Gasteiger partial charge on any atom is -0.309 e. The van der Waals surface area contributed by atoms with Gasteiger partial charge >= 0.3 is 0 Å². The molecule has 3 heteroatoms. The van der Waals surface area contributed by atoms with Crippen molar-refractivity contribution in [2.45, 2.75) is 0 Å². The molecule has 0 saturated heterocycles. The van der Waals surface area contributed by atoms with E-state index in [2.05, 4.69) is 99.5 Å². The first-order chi connectivity index (χ1) is 15.4. The van der Waals surface area contributed by atoms with Gasteiger partial charge in [-0.15, -0.1) is 0 Å². The maximum absolute atomic E-state index is 4.60. The molecule has 0 spiro atoms. The first-order valence-corrected chi connectivity index (χ1v) is 10.3. The van der Waals surface area contributed by atoms with E-state index in [0.29, 0.717) is 0 Å². The van der Waals surface area contributed by atoms with E-state index in [0.717, 1.165) is 28.2 Å². The fourth-order valence-corrected chi connectivity index (χ4v) is 4.22. The lowest BCUT2D eigenvalue weighted by molar-refractivity contribution is 1.16. The lowest BCUT2D eigenvalue weighted by atomic mass is 10.1. The Bertz CT molecular complexity index is 1440. The van der Waals surface area contributed by atoms with Crippen molar-refractivity contribution in [3.05, 3.63) is 116 Å². The van der Waals surface area contributed by atoms with Crippen LogP contribution in [-0.4, -0.2) is 14.5 Å². The van der Waals surface area contributed by atoms with Crippen LogP contribution in [0.15, 0.2) is 116 Å². The average Bonchev–Trinajstić information content (AvgIpc) is 3.19. The number of fused-ring (bicyclic) bond motifs is 3. The third-order valence-corrected chi connectivity index (χ3v) is 5.72. The maximum Gasteiger partial charge on any atom is 0.159 e. The Morgan fingerprint density at radius 1 is 0.452 bits per heavy atom. The van der Waals surface area contributed by atoms with E-state index < -0.39 is 0 Å². The average molecular weight is 397 g/mol. The standard InChI is InChI=1S/C28H19N3/c1-2-8-20(9-3-1)22-18-29-28(30-19-22)21-14-16-23(17-15-21)31-26-12-6-4-10-24(26)25-11-5-7-13-27(25)31/h1-19H. The number of hydrogen-bond donors (Lipinski definition) is 0. The quantitative estimate of drug-likeness (QED) is 0.325.